The third-order valence-electron chi connectivity index (χ3n) is 3.64. The van der Waals surface area contributed by atoms with Crippen molar-refractivity contribution < 1.29 is 5.11 Å². The van der Waals surface area contributed by atoms with Gasteiger partial charge in [-0.15, -0.1) is 0 Å². The second-order valence-corrected chi connectivity index (χ2v) is 5.34. The number of nitrogens with zero attached hydrogens (tertiary/aromatic N) is 2. The molecule has 1 aliphatic rings. The first kappa shape index (κ1) is 13.5. The van der Waals surface area contributed by atoms with Crippen LogP contribution in [0.5, 0.6) is 5.75 Å². The smallest absolute Gasteiger partial charge is 0.123 e. The van der Waals surface area contributed by atoms with Crippen LogP contribution in [0.1, 0.15) is 17.5 Å². The Morgan fingerprint density at radius 1 is 1.10 bits per heavy atom. The maximum atomic E-state index is 9.81. The van der Waals surface area contributed by atoms with Crippen LogP contribution in [0.25, 0.3) is 0 Å². The van der Waals surface area contributed by atoms with Gasteiger partial charge < -0.3 is 5.11 Å². The maximum Gasteiger partial charge on any atom is 0.123 e. The Kier molecular flexibility index (Phi) is 3.52. The number of amidine groups is 1. The van der Waals surface area contributed by atoms with Crippen molar-refractivity contribution in [3.63, 3.8) is 0 Å². The van der Waals surface area contributed by atoms with Gasteiger partial charge in [-0.3, -0.25) is 10.4 Å². The number of phenols is 1. The number of phenolic OH excluding ortho intramolecular Hbond substituents is 1. The van der Waals surface area contributed by atoms with Gasteiger partial charge in [0, 0.05) is 13.0 Å². The number of rotatable bonds is 2. The lowest BCUT2D eigenvalue weighted by molar-refractivity contribution is 0.467. The normalized spacial score (nSPS) is 16.3. The van der Waals surface area contributed by atoms with E-state index in [2.05, 4.69) is 27.6 Å². The summed E-state index contributed by atoms with van der Waals surface area (Å²) in [7, 11) is 0. The van der Waals surface area contributed by atoms with E-state index in [1.54, 1.807) is 0 Å². The highest BCUT2D eigenvalue weighted by atomic mass is 16.3. The van der Waals surface area contributed by atoms with E-state index < -0.39 is 0 Å². The van der Waals surface area contributed by atoms with Gasteiger partial charge >= 0.3 is 0 Å². The van der Waals surface area contributed by atoms with Crippen LogP contribution in [-0.2, 0) is 0 Å². The molecule has 2 aromatic rings. The summed E-state index contributed by atoms with van der Waals surface area (Å²) in [5.41, 5.74) is 7.05. The standard InChI is InChI=1S/C17H19N3O/c1-12-10-14(11-13(2)17(12)21)18-16-8-9-20(19-16)15-6-4-3-5-7-15/h3-7,10-11,21H,8-9H2,1-2H3,(H,18,19). The van der Waals surface area contributed by atoms with E-state index in [0.29, 0.717) is 5.75 Å². The molecule has 108 valence electrons. The lowest BCUT2D eigenvalue weighted by Gasteiger charge is -2.17. The average Bonchev–Trinajstić information content (AvgIpc) is 2.94. The van der Waals surface area contributed by atoms with E-state index in [-0.39, 0.29) is 0 Å². The summed E-state index contributed by atoms with van der Waals surface area (Å²) in [5, 5.41) is 11.9. The third-order valence-corrected chi connectivity index (χ3v) is 3.64. The predicted octanol–water partition coefficient (Wildman–Crippen LogP) is 3.45. The minimum Gasteiger partial charge on any atom is -0.507 e. The largest absolute Gasteiger partial charge is 0.507 e. The lowest BCUT2D eigenvalue weighted by Crippen LogP contribution is -2.32. The Bertz CT molecular complexity index is 657. The van der Waals surface area contributed by atoms with Gasteiger partial charge in [0.1, 0.15) is 11.6 Å². The Labute approximate surface area is 124 Å². The van der Waals surface area contributed by atoms with Gasteiger partial charge in [-0.25, -0.2) is 4.99 Å². The quantitative estimate of drug-likeness (QED) is 0.886. The molecule has 0 bridgehead atoms. The number of hydrogen-bond acceptors (Lipinski definition) is 3. The second-order valence-electron chi connectivity index (χ2n) is 5.34. The SMILES string of the molecule is Cc1cc(N=C2CCN(c3ccccc3)N2)cc(C)c1O. The zero-order valence-corrected chi connectivity index (χ0v) is 12.3. The van der Waals surface area contributed by atoms with Crippen LogP contribution in [0.3, 0.4) is 0 Å². The number of anilines is 1. The van der Waals surface area contributed by atoms with Crippen LogP contribution in [0.2, 0.25) is 0 Å². The first-order chi connectivity index (χ1) is 10.1. The van der Waals surface area contributed by atoms with Gasteiger partial charge in [0.15, 0.2) is 0 Å². The molecule has 2 N–H and O–H groups in total. The zero-order chi connectivity index (χ0) is 14.8. The van der Waals surface area contributed by atoms with E-state index in [0.717, 1.165) is 41.3 Å². The zero-order valence-electron chi connectivity index (χ0n) is 12.3. The number of para-hydroxylation sites is 1. The molecule has 2 aromatic carbocycles. The Hall–Kier alpha value is -2.49. The van der Waals surface area contributed by atoms with Crippen molar-refractivity contribution in [2.75, 3.05) is 11.6 Å². The molecule has 0 atom stereocenters. The highest BCUT2D eigenvalue weighted by molar-refractivity contribution is 5.89. The number of aliphatic imine (C=N–C) groups is 1. The average molecular weight is 281 g/mol. The van der Waals surface area contributed by atoms with E-state index in [9.17, 15) is 5.11 Å². The predicted molar refractivity (Wildman–Crippen MR) is 86.2 cm³/mol. The Morgan fingerprint density at radius 3 is 2.43 bits per heavy atom. The Morgan fingerprint density at radius 2 is 1.76 bits per heavy atom. The fraction of sp³-hybridized carbons (Fsp3) is 0.235. The third kappa shape index (κ3) is 2.84. The molecule has 0 aliphatic carbocycles. The molecule has 0 amide bonds. The van der Waals surface area contributed by atoms with E-state index in [4.69, 9.17) is 0 Å². The molecule has 0 radical (unpaired) electrons. The maximum absolute atomic E-state index is 9.81. The molecule has 4 nitrogen and oxygen atoms in total. The summed E-state index contributed by atoms with van der Waals surface area (Å²) in [6.45, 7) is 4.69. The molecule has 0 aromatic heterocycles. The molecule has 1 fully saturated rings. The monoisotopic (exact) mass is 281 g/mol. The number of nitrogens with one attached hydrogen (secondary N) is 1. The van der Waals surface area contributed by atoms with E-state index in [1.807, 2.05) is 44.2 Å². The first-order valence-corrected chi connectivity index (χ1v) is 7.10. The molecule has 1 heterocycles. The molecule has 1 saturated heterocycles. The highest BCUT2D eigenvalue weighted by Crippen LogP contribution is 2.27. The van der Waals surface area contributed by atoms with Crippen LogP contribution in [0, 0.1) is 13.8 Å². The summed E-state index contributed by atoms with van der Waals surface area (Å²) in [4.78, 5) is 4.65. The van der Waals surface area contributed by atoms with Crippen molar-refractivity contribution >= 4 is 17.2 Å². The number of aryl methyl sites for hydroxylation is 2. The van der Waals surface area contributed by atoms with Crippen molar-refractivity contribution in [3.8, 4) is 5.75 Å². The molecular weight excluding hydrogens is 262 g/mol. The Balaban J connectivity index is 1.80. The minimum atomic E-state index is 0.351. The molecule has 4 heteroatoms. The lowest BCUT2D eigenvalue weighted by atomic mass is 10.1. The molecule has 0 saturated carbocycles. The molecular formula is C17H19N3O. The number of aromatic hydroxyl groups is 1. The van der Waals surface area contributed by atoms with E-state index >= 15 is 0 Å². The molecule has 21 heavy (non-hydrogen) atoms. The van der Waals surface area contributed by atoms with Crippen LogP contribution < -0.4 is 10.4 Å². The van der Waals surface area contributed by atoms with Crippen molar-refractivity contribution in [1.29, 1.82) is 0 Å². The fourth-order valence-corrected chi connectivity index (χ4v) is 2.52. The summed E-state index contributed by atoms with van der Waals surface area (Å²) >= 11 is 0. The van der Waals surface area contributed by atoms with Crippen molar-refractivity contribution in [3.05, 3.63) is 53.6 Å². The molecule has 0 spiro atoms. The summed E-state index contributed by atoms with van der Waals surface area (Å²) in [5.74, 6) is 1.30. The van der Waals surface area contributed by atoms with Crippen LogP contribution in [0.4, 0.5) is 11.4 Å². The van der Waals surface area contributed by atoms with Crippen molar-refractivity contribution in [1.82, 2.24) is 5.43 Å². The van der Waals surface area contributed by atoms with Crippen molar-refractivity contribution in [2.24, 2.45) is 4.99 Å². The van der Waals surface area contributed by atoms with Gasteiger partial charge in [-0.1, -0.05) is 18.2 Å². The highest BCUT2D eigenvalue weighted by Gasteiger charge is 2.17. The molecule has 1 aliphatic heterocycles. The summed E-state index contributed by atoms with van der Waals surface area (Å²) in [6, 6.07) is 14.0. The van der Waals surface area contributed by atoms with Crippen LogP contribution in [0.15, 0.2) is 47.5 Å². The summed E-state index contributed by atoms with van der Waals surface area (Å²) in [6.07, 6.45) is 0.883. The van der Waals surface area contributed by atoms with Gasteiger partial charge in [0.2, 0.25) is 0 Å². The number of hydrogen-bond donors (Lipinski definition) is 2. The van der Waals surface area contributed by atoms with Gasteiger partial charge in [0.25, 0.3) is 0 Å². The van der Waals surface area contributed by atoms with Crippen molar-refractivity contribution in [2.45, 2.75) is 20.3 Å². The number of benzene rings is 2. The fourth-order valence-electron chi connectivity index (χ4n) is 2.52. The van der Waals surface area contributed by atoms with Gasteiger partial charge in [-0.05, 0) is 49.2 Å². The van der Waals surface area contributed by atoms with Gasteiger partial charge in [-0.2, -0.15) is 0 Å². The topological polar surface area (TPSA) is 47.9 Å². The van der Waals surface area contributed by atoms with Crippen LogP contribution in [-0.4, -0.2) is 17.5 Å². The second kappa shape index (κ2) is 5.48. The van der Waals surface area contributed by atoms with Crippen LogP contribution >= 0.6 is 0 Å². The van der Waals surface area contributed by atoms with Gasteiger partial charge in [0.05, 0.1) is 11.4 Å². The molecule has 3 rings (SSSR count). The molecule has 0 unspecified atom stereocenters. The van der Waals surface area contributed by atoms with E-state index in [1.165, 1.54) is 0 Å². The number of hydrazine groups is 1. The minimum absolute atomic E-state index is 0.351. The summed E-state index contributed by atoms with van der Waals surface area (Å²) < 4.78 is 0. The first-order valence-electron chi connectivity index (χ1n) is 7.10.